The first-order valence-corrected chi connectivity index (χ1v) is 9.15. The Bertz CT molecular complexity index is 845. The number of aromatic nitrogens is 3. The molecule has 120 valence electrons. The lowest BCUT2D eigenvalue weighted by Gasteiger charge is -2.09. The van der Waals surface area contributed by atoms with Crippen molar-refractivity contribution in [3.05, 3.63) is 52.0 Å². The number of hydrogen-bond acceptors (Lipinski definition) is 3. The molecule has 0 amide bonds. The van der Waals surface area contributed by atoms with E-state index in [2.05, 4.69) is 21.5 Å². The van der Waals surface area contributed by atoms with Crippen LogP contribution in [0.5, 0.6) is 0 Å². The largest absolute Gasteiger partial charge is 0.328 e. The fourth-order valence-electron chi connectivity index (χ4n) is 2.64. The van der Waals surface area contributed by atoms with Crippen molar-refractivity contribution in [1.82, 2.24) is 14.5 Å². The molecule has 6 heteroatoms. The van der Waals surface area contributed by atoms with Gasteiger partial charge >= 0.3 is 0 Å². The number of benzene rings is 1. The third-order valence-corrected chi connectivity index (χ3v) is 5.52. The second-order valence-corrected chi connectivity index (χ2v) is 7.39. The molecule has 0 aliphatic rings. The lowest BCUT2D eigenvalue weighted by atomic mass is 10.2. The maximum absolute atomic E-state index is 6.20. The fraction of sp³-hybridized carbons (Fsp3) is 0.294. The van der Waals surface area contributed by atoms with Gasteiger partial charge in [-0.25, -0.2) is 4.98 Å². The van der Waals surface area contributed by atoms with Crippen LogP contribution >= 0.6 is 35.0 Å². The summed E-state index contributed by atoms with van der Waals surface area (Å²) in [5.41, 5.74) is 3.32. The Morgan fingerprint density at radius 3 is 2.78 bits per heavy atom. The summed E-state index contributed by atoms with van der Waals surface area (Å²) in [6, 6.07) is 5.64. The van der Waals surface area contributed by atoms with E-state index >= 15 is 0 Å². The predicted octanol–water partition coefficient (Wildman–Crippen LogP) is 5.54. The number of thioether (sulfide) groups is 1. The van der Waals surface area contributed by atoms with Crippen molar-refractivity contribution in [3.63, 3.8) is 0 Å². The Balaban J connectivity index is 1.66. The van der Waals surface area contributed by atoms with Crippen LogP contribution in [0.4, 0.5) is 0 Å². The highest BCUT2D eigenvalue weighted by Gasteiger charge is 2.10. The van der Waals surface area contributed by atoms with Gasteiger partial charge in [-0.2, -0.15) is 0 Å². The summed E-state index contributed by atoms with van der Waals surface area (Å²) in [4.78, 5) is 9.88. The molecule has 3 rings (SSSR count). The average molecular weight is 366 g/mol. The number of aryl methyl sites for hydroxylation is 3. The van der Waals surface area contributed by atoms with Crippen molar-refractivity contribution in [3.8, 4) is 0 Å². The van der Waals surface area contributed by atoms with Crippen LogP contribution in [0, 0.1) is 13.8 Å². The van der Waals surface area contributed by atoms with Crippen molar-refractivity contribution in [1.29, 1.82) is 0 Å². The average Bonchev–Trinajstić information content (AvgIpc) is 2.82. The van der Waals surface area contributed by atoms with Crippen LogP contribution in [0.1, 0.15) is 17.8 Å². The van der Waals surface area contributed by atoms with E-state index < -0.39 is 0 Å². The summed E-state index contributed by atoms with van der Waals surface area (Å²) >= 11 is 13.9. The molecule has 0 aliphatic carbocycles. The van der Waals surface area contributed by atoms with E-state index in [1.165, 1.54) is 5.52 Å². The molecule has 1 aromatic carbocycles. The topological polar surface area (TPSA) is 30.7 Å². The lowest BCUT2D eigenvalue weighted by Crippen LogP contribution is -2.02. The van der Waals surface area contributed by atoms with E-state index in [0.717, 1.165) is 40.5 Å². The Hall–Kier alpha value is -1.23. The third kappa shape index (κ3) is 3.65. The molecule has 0 aliphatic heterocycles. The summed E-state index contributed by atoms with van der Waals surface area (Å²) in [5.74, 6) is 2.02. The molecule has 0 saturated heterocycles. The number of hydrogen-bond donors (Lipinski definition) is 0. The van der Waals surface area contributed by atoms with E-state index in [9.17, 15) is 0 Å². The number of halogens is 2. The van der Waals surface area contributed by atoms with Crippen molar-refractivity contribution in [2.75, 3.05) is 5.75 Å². The number of fused-ring (bicyclic) bond motifs is 1. The van der Waals surface area contributed by atoms with E-state index in [0.29, 0.717) is 10.0 Å². The summed E-state index contributed by atoms with van der Waals surface area (Å²) in [5, 5.41) is 1.39. The van der Waals surface area contributed by atoms with Crippen LogP contribution in [-0.2, 0) is 6.54 Å². The van der Waals surface area contributed by atoms with Crippen LogP contribution in [0.25, 0.3) is 11.0 Å². The van der Waals surface area contributed by atoms with Crippen LogP contribution in [0.15, 0.2) is 35.5 Å². The van der Waals surface area contributed by atoms with Gasteiger partial charge in [-0.3, -0.25) is 4.98 Å². The van der Waals surface area contributed by atoms with E-state index in [1.807, 2.05) is 31.5 Å². The normalized spacial score (nSPS) is 11.3. The second kappa shape index (κ2) is 7.12. The Morgan fingerprint density at radius 2 is 2.00 bits per heavy atom. The van der Waals surface area contributed by atoms with Gasteiger partial charge in [0.25, 0.3) is 0 Å². The first kappa shape index (κ1) is 16.6. The molecular weight excluding hydrogens is 349 g/mol. The molecule has 0 bridgehead atoms. The van der Waals surface area contributed by atoms with Gasteiger partial charge in [0.15, 0.2) is 0 Å². The maximum Gasteiger partial charge on any atom is 0.107 e. The minimum Gasteiger partial charge on any atom is -0.328 e. The molecule has 3 aromatic rings. The van der Waals surface area contributed by atoms with Crippen molar-refractivity contribution < 1.29 is 0 Å². The molecule has 0 radical (unpaired) electrons. The molecule has 0 saturated carbocycles. The maximum atomic E-state index is 6.20. The van der Waals surface area contributed by atoms with Gasteiger partial charge in [0.2, 0.25) is 0 Å². The van der Waals surface area contributed by atoms with Crippen molar-refractivity contribution in [2.45, 2.75) is 31.7 Å². The van der Waals surface area contributed by atoms with Crippen LogP contribution < -0.4 is 0 Å². The fourth-order valence-corrected chi connectivity index (χ4v) is 4.07. The Morgan fingerprint density at radius 1 is 1.17 bits per heavy atom. The zero-order valence-corrected chi connectivity index (χ0v) is 15.3. The molecule has 0 spiro atoms. The molecule has 0 N–H and O–H groups in total. The van der Waals surface area contributed by atoms with E-state index in [-0.39, 0.29) is 0 Å². The molecule has 3 nitrogen and oxygen atoms in total. The highest BCUT2D eigenvalue weighted by atomic mass is 35.5. The summed E-state index contributed by atoms with van der Waals surface area (Å²) < 4.78 is 2.27. The Labute approximate surface area is 150 Å². The molecule has 2 heterocycles. The SMILES string of the molecule is Cc1cncc2nc(C)n(CCCSc3ccc(Cl)cc3Cl)c12. The standard InChI is InChI=1S/C17H17Cl2N3S/c1-11-9-20-10-15-17(11)22(12(2)21-15)6-3-7-23-16-5-4-13(18)8-14(16)19/h4-5,8-10H,3,6-7H2,1-2H3. The quantitative estimate of drug-likeness (QED) is 0.439. The zero-order chi connectivity index (χ0) is 16.4. The molecule has 0 fully saturated rings. The van der Waals surface area contributed by atoms with Crippen LogP contribution in [0.2, 0.25) is 10.0 Å². The van der Waals surface area contributed by atoms with Gasteiger partial charge < -0.3 is 4.57 Å². The van der Waals surface area contributed by atoms with E-state index in [1.54, 1.807) is 17.8 Å². The van der Waals surface area contributed by atoms with Gasteiger partial charge in [-0.05, 0) is 49.8 Å². The summed E-state index contributed by atoms with van der Waals surface area (Å²) in [6.07, 6.45) is 4.76. The molecular formula is C17H17Cl2N3S. The van der Waals surface area contributed by atoms with Crippen molar-refractivity contribution in [2.24, 2.45) is 0 Å². The van der Waals surface area contributed by atoms with E-state index in [4.69, 9.17) is 23.2 Å². The highest BCUT2D eigenvalue weighted by Crippen LogP contribution is 2.30. The summed E-state index contributed by atoms with van der Waals surface area (Å²) in [6.45, 7) is 5.06. The zero-order valence-electron chi connectivity index (χ0n) is 13.0. The predicted molar refractivity (Wildman–Crippen MR) is 98.8 cm³/mol. The number of imidazole rings is 1. The molecule has 23 heavy (non-hydrogen) atoms. The van der Waals surface area contributed by atoms with Gasteiger partial charge in [-0.15, -0.1) is 11.8 Å². The van der Waals surface area contributed by atoms with Crippen LogP contribution in [0.3, 0.4) is 0 Å². The number of rotatable bonds is 5. The molecule has 2 aromatic heterocycles. The first-order chi connectivity index (χ1) is 11.1. The van der Waals surface area contributed by atoms with Gasteiger partial charge in [0, 0.05) is 22.7 Å². The van der Waals surface area contributed by atoms with Crippen molar-refractivity contribution >= 4 is 46.0 Å². The Kier molecular flexibility index (Phi) is 5.14. The monoisotopic (exact) mass is 365 g/mol. The van der Waals surface area contributed by atoms with Gasteiger partial charge in [-0.1, -0.05) is 23.2 Å². The second-order valence-electron chi connectivity index (χ2n) is 5.41. The lowest BCUT2D eigenvalue weighted by molar-refractivity contribution is 0.679. The van der Waals surface area contributed by atoms with Gasteiger partial charge in [0.05, 0.1) is 16.7 Å². The first-order valence-electron chi connectivity index (χ1n) is 7.41. The minimum absolute atomic E-state index is 0.670. The van der Waals surface area contributed by atoms with Crippen LogP contribution in [-0.4, -0.2) is 20.3 Å². The smallest absolute Gasteiger partial charge is 0.107 e. The van der Waals surface area contributed by atoms with Gasteiger partial charge in [0.1, 0.15) is 11.3 Å². The molecule has 0 atom stereocenters. The number of nitrogens with zero attached hydrogens (tertiary/aromatic N) is 3. The highest BCUT2D eigenvalue weighted by molar-refractivity contribution is 7.99. The summed E-state index contributed by atoms with van der Waals surface area (Å²) in [7, 11) is 0. The third-order valence-electron chi connectivity index (χ3n) is 3.70. The molecule has 0 unspecified atom stereocenters. The number of pyridine rings is 1. The minimum atomic E-state index is 0.670.